The minimum Gasteiger partial charge on any atom is -0.508 e. The Labute approximate surface area is 316 Å². The highest BCUT2D eigenvalue weighted by atomic mass is 32.2. The number of aryl methyl sites for hydroxylation is 1. The van der Waals surface area contributed by atoms with Gasteiger partial charge in [-0.1, -0.05) is 6.07 Å². The normalized spacial score (nSPS) is 27.4. The van der Waals surface area contributed by atoms with E-state index in [1.807, 2.05) is 20.0 Å². The molecule has 3 aromatic carbocycles. The third-order valence-corrected chi connectivity index (χ3v) is 13.2. The predicted octanol–water partition coefficient (Wildman–Crippen LogP) is 2.67. The number of hydrogen-bond acceptors (Lipinski definition) is 15. The summed E-state index contributed by atoms with van der Waals surface area (Å²) in [5.74, 6) is 0.518. The molecule has 5 aliphatic rings. The van der Waals surface area contributed by atoms with Gasteiger partial charge in [0.1, 0.15) is 17.7 Å². The third kappa shape index (κ3) is 5.58. The summed E-state index contributed by atoms with van der Waals surface area (Å²) in [7, 11) is 3.44. The molecule has 2 unspecified atom stereocenters. The van der Waals surface area contributed by atoms with E-state index in [4.69, 9.17) is 23.7 Å². The van der Waals surface area contributed by atoms with Crippen LogP contribution in [0.3, 0.4) is 0 Å². The van der Waals surface area contributed by atoms with Crippen LogP contribution in [0.5, 0.6) is 34.5 Å². The summed E-state index contributed by atoms with van der Waals surface area (Å²) in [6.45, 7) is 4.87. The zero-order chi connectivity index (χ0) is 38.2. The van der Waals surface area contributed by atoms with Gasteiger partial charge in [0.15, 0.2) is 28.5 Å². The molecular formula is C39H45N3O11S. The van der Waals surface area contributed by atoms with E-state index < -0.39 is 47.6 Å². The summed E-state index contributed by atoms with van der Waals surface area (Å²) in [5, 5.41) is 50.9. The van der Waals surface area contributed by atoms with E-state index in [2.05, 4.69) is 15.5 Å². The first-order valence-electron chi connectivity index (χ1n) is 18.1. The smallest absolute Gasteiger partial charge is 0.331 e. The van der Waals surface area contributed by atoms with Crippen molar-refractivity contribution in [1.82, 2.24) is 15.5 Å². The van der Waals surface area contributed by atoms with Crippen LogP contribution in [0.4, 0.5) is 0 Å². The average Bonchev–Trinajstić information content (AvgIpc) is 3.63. The minimum atomic E-state index is -1.41. The van der Waals surface area contributed by atoms with E-state index in [1.165, 1.54) is 25.8 Å². The number of fused-ring (bicyclic) bond motifs is 9. The van der Waals surface area contributed by atoms with Crippen molar-refractivity contribution in [1.29, 1.82) is 0 Å². The third-order valence-electron chi connectivity index (χ3n) is 11.7. The summed E-state index contributed by atoms with van der Waals surface area (Å²) < 4.78 is 29.8. The second kappa shape index (κ2) is 13.8. The quantitative estimate of drug-likeness (QED) is 0.168. The summed E-state index contributed by atoms with van der Waals surface area (Å²) in [6.07, 6.45) is 0.180. The molecule has 288 valence electrons. The maximum Gasteiger partial charge on any atom is 0.331 e. The van der Waals surface area contributed by atoms with Crippen LogP contribution in [0.1, 0.15) is 68.3 Å². The van der Waals surface area contributed by atoms with E-state index in [0.29, 0.717) is 64.5 Å². The van der Waals surface area contributed by atoms with E-state index in [1.54, 1.807) is 19.1 Å². The fourth-order valence-electron chi connectivity index (χ4n) is 9.22. The van der Waals surface area contributed by atoms with Gasteiger partial charge in [-0.3, -0.25) is 20.3 Å². The summed E-state index contributed by atoms with van der Waals surface area (Å²) in [6, 6.07) is 3.72. The molecule has 6 atom stereocenters. The van der Waals surface area contributed by atoms with Gasteiger partial charge in [0.05, 0.1) is 37.7 Å². The van der Waals surface area contributed by atoms with Gasteiger partial charge >= 0.3 is 11.9 Å². The molecule has 2 bridgehead atoms. The molecule has 14 nitrogen and oxygen atoms in total. The Bertz CT molecular complexity index is 2060. The number of phenols is 2. The van der Waals surface area contributed by atoms with Gasteiger partial charge < -0.3 is 44.1 Å². The molecule has 1 spiro atoms. The van der Waals surface area contributed by atoms with Crippen LogP contribution in [0.25, 0.3) is 0 Å². The van der Waals surface area contributed by atoms with Crippen molar-refractivity contribution in [3.05, 3.63) is 68.3 Å². The Morgan fingerprint density at radius 1 is 1.07 bits per heavy atom. The first-order chi connectivity index (χ1) is 25.9. The molecule has 0 aromatic heterocycles. The number of ether oxygens (including phenoxy) is 5. The SMILES string of the molecule is COc1c(C)cc2c(c1O)C1[C@H]([C@@H]3SC[C@@]4(NCCc5cc(O)c(CO)cc54)C(=O)OCCc4c5c(c(C)c(OC(C)=O)c43)OCO5)N[C@@H](O)C(C2)N1C. The molecule has 0 saturated carbocycles. The van der Waals surface area contributed by atoms with Crippen molar-refractivity contribution in [3.8, 4) is 34.5 Å². The van der Waals surface area contributed by atoms with Crippen LogP contribution < -0.4 is 29.6 Å². The number of methoxy groups -OCH3 is 1. The Morgan fingerprint density at radius 3 is 2.59 bits per heavy atom. The molecule has 1 saturated heterocycles. The van der Waals surface area contributed by atoms with Crippen molar-refractivity contribution < 1.29 is 53.7 Å². The van der Waals surface area contributed by atoms with Crippen LogP contribution in [0, 0.1) is 13.8 Å². The number of hydrogen-bond donors (Lipinski definition) is 6. The number of aliphatic hydroxyl groups excluding tert-OH is 2. The Morgan fingerprint density at radius 2 is 1.85 bits per heavy atom. The lowest BCUT2D eigenvalue weighted by molar-refractivity contribution is -0.151. The highest BCUT2D eigenvalue weighted by molar-refractivity contribution is 7.99. The fourth-order valence-corrected chi connectivity index (χ4v) is 10.9. The number of piperazine rings is 1. The highest BCUT2D eigenvalue weighted by Crippen LogP contribution is 2.57. The lowest BCUT2D eigenvalue weighted by Crippen LogP contribution is -2.66. The molecule has 0 amide bonds. The molecule has 6 N–H and O–H groups in total. The standard InChI is InChI=1S/C39H45N3O11S/c1-17-10-21-12-25-37(47)41-29(30(42(25)4)27(21)31(46)32(17)49-5)36-28-23(35-34(51-16-52-35)18(2)33(28)53-19(3)44)7-9-50-38(48)39(15-54-36)24-11-22(14-43)26(45)13-20(24)6-8-40-39/h10-11,13,25,29-30,36-37,40-41,43,45-47H,6-9,12,14-16H2,1-5H3/t25?,29-,30?,36-,37+,39+/m1/s1. The van der Waals surface area contributed by atoms with Gasteiger partial charge in [0.2, 0.25) is 6.79 Å². The summed E-state index contributed by atoms with van der Waals surface area (Å²) in [5.41, 5.74) is 4.32. The van der Waals surface area contributed by atoms with E-state index in [9.17, 15) is 30.0 Å². The number of nitrogens with one attached hydrogen (secondary N) is 2. The Balaban J connectivity index is 1.38. The molecule has 8 rings (SSSR count). The van der Waals surface area contributed by atoms with Crippen molar-refractivity contribution in [3.63, 3.8) is 0 Å². The van der Waals surface area contributed by atoms with Crippen molar-refractivity contribution in [2.75, 3.05) is 39.9 Å². The van der Waals surface area contributed by atoms with Gasteiger partial charge in [0.25, 0.3) is 0 Å². The monoisotopic (exact) mass is 763 g/mol. The number of likely N-dealkylation sites (N-methyl/N-ethyl adjacent to an activating group) is 1. The fraction of sp³-hybridized carbons (Fsp3) is 0.487. The summed E-state index contributed by atoms with van der Waals surface area (Å²) >= 11 is 1.41. The highest BCUT2D eigenvalue weighted by Gasteiger charge is 2.53. The maximum absolute atomic E-state index is 14.5. The van der Waals surface area contributed by atoms with Crippen LogP contribution in [-0.2, 0) is 45.7 Å². The lowest BCUT2D eigenvalue weighted by atomic mass is 9.77. The van der Waals surface area contributed by atoms with Gasteiger partial charge in [-0.25, -0.2) is 4.79 Å². The molecule has 54 heavy (non-hydrogen) atoms. The van der Waals surface area contributed by atoms with Crippen LogP contribution in [-0.4, -0.2) is 95.4 Å². The number of carbonyl (C=O) groups is 2. The average molecular weight is 764 g/mol. The number of phenolic OH excluding ortho intramolecular Hbond substituents is 1. The van der Waals surface area contributed by atoms with Crippen LogP contribution >= 0.6 is 11.8 Å². The molecular weight excluding hydrogens is 719 g/mol. The number of cyclic esters (lactones) is 1. The van der Waals surface area contributed by atoms with Crippen molar-refractivity contribution in [2.24, 2.45) is 0 Å². The Hall–Kier alpha value is -4.25. The van der Waals surface area contributed by atoms with Crippen LogP contribution in [0.2, 0.25) is 0 Å². The molecule has 3 aromatic rings. The maximum atomic E-state index is 14.5. The van der Waals surface area contributed by atoms with Crippen molar-refractivity contribution >= 4 is 23.7 Å². The van der Waals surface area contributed by atoms with Gasteiger partial charge in [-0.05, 0) is 68.1 Å². The second-order valence-corrected chi connectivity index (χ2v) is 15.8. The van der Waals surface area contributed by atoms with Gasteiger partial charge in [0, 0.05) is 59.5 Å². The Kier molecular flexibility index (Phi) is 9.38. The number of aliphatic hydroxyl groups is 2. The predicted molar refractivity (Wildman–Crippen MR) is 196 cm³/mol. The van der Waals surface area contributed by atoms with Crippen molar-refractivity contribution in [2.45, 2.75) is 81.8 Å². The second-order valence-electron chi connectivity index (χ2n) is 14.7. The van der Waals surface area contributed by atoms with E-state index >= 15 is 0 Å². The topological polar surface area (TPSA) is 189 Å². The first kappa shape index (κ1) is 36.7. The number of esters is 2. The van der Waals surface area contributed by atoms with E-state index in [0.717, 1.165) is 16.7 Å². The zero-order valence-corrected chi connectivity index (χ0v) is 31.6. The molecule has 0 aliphatic carbocycles. The van der Waals surface area contributed by atoms with E-state index in [-0.39, 0.29) is 54.4 Å². The zero-order valence-electron chi connectivity index (χ0n) is 30.8. The number of benzene rings is 3. The number of aromatic hydroxyl groups is 2. The molecule has 5 heterocycles. The molecule has 1 fully saturated rings. The molecule has 15 heteroatoms. The largest absolute Gasteiger partial charge is 0.508 e. The van der Waals surface area contributed by atoms with Gasteiger partial charge in [-0.15, -0.1) is 11.8 Å². The number of carbonyl (C=O) groups excluding carboxylic acids is 2. The van der Waals surface area contributed by atoms with Crippen LogP contribution in [0.15, 0.2) is 18.2 Å². The molecule has 5 aliphatic heterocycles. The number of nitrogens with zero attached hydrogens (tertiary/aromatic N) is 1. The molecule has 0 radical (unpaired) electrons. The number of rotatable bonds is 4. The lowest BCUT2D eigenvalue weighted by Gasteiger charge is -2.54. The summed E-state index contributed by atoms with van der Waals surface area (Å²) in [4.78, 5) is 29.4. The van der Waals surface area contributed by atoms with Gasteiger partial charge in [-0.2, -0.15) is 0 Å². The number of thioether (sulfide) groups is 1. The first-order valence-corrected chi connectivity index (χ1v) is 19.1. The minimum absolute atomic E-state index is 0.0115.